The van der Waals surface area contributed by atoms with Crippen LogP contribution in [0.3, 0.4) is 0 Å². The van der Waals surface area contributed by atoms with Crippen molar-refractivity contribution in [2.24, 2.45) is 0 Å². The van der Waals surface area contributed by atoms with Crippen LogP contribution in [0.25, 0.3) is 0 Å². The third-order valence-electron chi connectivity index (χ3n) is 2.60. The molecule has 112 valence electrons. The minimum Gasteiger partial charge on any atom is -0.436 e. The van der Waals surface area contributed by atoms with Crippen LogP contribution in [0.2, 0.25) is 5.02 Å². The number of ether oxygens (including phenoxy) is 1. The number of benzene rings is 1. The van der Waals surface area contributed by atoms with Crippen LogP contribution in [-0.4, -0.2) is 15.7 Å². The van der Waals surface area contributed by atoms with Crippen molar-refractivity contribution in [3.05, 3.63) is 45.5 Å². The van der Waals surface area contributed by atoms with E-state index in [9.17, 15) is 0 Å². The van der Waals surface area contributed by atoms with Gasteiger partial charge in [-0.2, -0.15) is 5.10 Å². The molecule has 1 N–H and O–H groups in total. The summed E-state index contributed by atoms with van der Waals surface area (Å²) in [7, 11) is 0. The molecule has 0 saturated heterocycles. The van der Waals surface area contributed by atoms with E-state index in [0.717, 1.165) is 10.2 Å². The highest BCUT2D eigenvalue weighted by atomic mass is 79.9. The van der Waals surface area contributed by atoms with Gasteiger partial charge in [-0.05, 0) is 61.0 Å². The topological polar surface area (TPSA) is 47.0 Å². The second-order valence-corrected chi connectivity index (χ2v) is 6.93. The lowest BCUT2D eigenvalue weighted by molar-refractivity contribution is 0.416. The lowest BCUT2D eigenvalue weighted by atomic mass is 10.1. The van der Waals surface area contributed by atoms with Gasteiger partial charge in [-0.25, -0.2) is 0 Å². The molecule has 0 radical (unpaired) electrons. The number of nitrogens with one attached hydrogen (secondary N) is 1. The van der Waals surface area contributed by atoms with Gasteiger partial charge in [0.25, 0.3) is 0 Å². The Morgan fingerprint density at radius 2 is 1.95 bits per heavy atom. The normalized spacial score (nSPS) is 11.5. The lowest BCUT2D eigenvalue weighted by Crippen LogP contribution is -2.35. The van der Waals surface area contributed by atoms with E-state index >= 15 is 0 Å². The first-order valence-corrected chi connectivity index (χ1v) is 7.71. The van der Waals surface area contributed by atoms with Crippen LogP contribution in [0.15, 0.2) is 34.8 Å². The smallest absolute Gasteiger partial charge is 0.238 e. The van der Waals surface area contributed by atoms with Crippen LogP contribution in [0.4, 0.5) is 0 Å². The van der Waals surface area contributed by atoms with Crippen molar-refractivity contribution >= 4 is 27.5 Å². The van der Waals surface area contributed by atoms with Gasteiger partial charge in [-0.3, -0.25) is 0 Å². The summed E-state index contributed by atoms with van der Waals surface area (Å²) in [5.41, 5.74) is 0.915. The summed E-state index contributed by atoms with van der Waals surface area (Å²) in [5.74, 6) is 1.09. The summed E-state index contributed by atoms with van der Waals surface area (Å²) >= 11 is 9.29. The third kappa shape index (κ3) is 5.26. The van der Waals surface area contributed by atoms with Crippen LogP contribution >= 0.6 is 27.5 Å². The van der Waals surface area contributed by atoms with Crippen molar-refractivity contribution in [2.75, 3.05) is 0 Å². The zero-order valence-corrected chi connectivity index (χ0v) is 14.5. The number of rotatable bonds is 4. The van der Waals surface area contributed by atoms with Crippen molar-refractivity contribution < 1.29 is 4.74 Å². The molecule has 1 aromatic heterocycles. The molecule has 0 atom stereocenters. The van der Waals surface area contributed by atoms with Crippen molar-refractivity contribution in [3.8, 4) is 11.6 Å². The Labute approximate surface area is 138 Å². The number of hydrogen-bond donors (Lipinski definition) is 1. The first-order chi connectivity index (χ1) is 9.83. The summed E-state index contributed by atoms with van der Waals surface area (Å²) < 4.78 is 6.44. The molecule has 0 bridgehead atoms. The molecule has 2 aromatic rings. The molecule has 0 aliphatic rings. The van der Waals surface area contributed by atoms with E-state index in [1.807, 2.05) is 6.07 Å². The second-order valence-electron chi connectivity index (χ2n) is 5.64. The summed E-state index contributed by atoms with van der Waals surface area (Å²) in [6.07, 6.45) is 0. The molecule has 0 spiro atoms. The molecular weight excluding hydrogens is 354 g/mol. The van der Waals surface area contributed by atoms with Crippen LogP contribution in [0, 0.1) is 0 Å². The van der Waals surface area contributed by atoms with Gasteiger partial charge in [0.2, 0.25) is 5.88 Å². The number of nitrogens with zero attached hydrogens (tertiary/aromatic N) is 2. The molecule has 0 aliphatic heterocycles. The van der Waals surface area contributed by atoms with E-state index in [1.54, 1.807) is 24.3 Å². The molecule has 0 amide bonds. The second kappa shape index (κ2) is 6.73. The van der Waals surface area contributed by atoms with Gasteiger partial charge in [0.1, 0.15) is 5.75 Å². The van der Waals surface area contributed by atoms with Gasteiger partial charge in [0.15, 0.2) is 0 Å². The zero-order valence-electron chi connectivity index (χ0n) is 12.2. The van der Waals surface area contributed by atoms with Crippen LogP contribution in [-0.2, 0) is 6.54 Å². The van der Waals surface area contributed by atoms with Crippen LogP contribution < -0.4 is 10.1 Å². The minimum absolute atomic E-state index is 0.0466. The van der Waals surface area contributed by atoms with E-state index in [1.165, 1.54) is 0 Å². The molecule has 6 heteroatoms. The predicted molar refractivity (Wildman–Crippen MR) is 87.9 cm³/mol. The molecular formula is C15H17BrClN3O. The van der Waals surface area contributed by atoms with Gasteiger partial charge in [-0.15, -0.1) is 5.10 Å². The highest BCUT2D eigenvalue weighted by molar-refractivity contribution is 9.10. The Hall–Kier alpha value is -1.17. The number of hydrogen-bond acceptors (Lipinski definition) is 4. The SMILES string of the molecule is CC(C)(C)NCc1ccc(Oc2ccc(Cl)cc2Br)nn1. The van der Waals surface area contributed by atoms with Gasteiger partial charge in [0, 0.05) is 23.2 Å². The summed E-state index contributed by atoms with van der Waals surface area (Å²) in [5, 5.41) is 12.2. The largest absolute Gasteiger partial charge is 0.436 e. The van der Waals surface area contributed by atoms with E-state index in [2.05, 4.69) is 52.2 Å². The van der Waals surface area contributed by atoms with Gasteiger partial charge < -0.3 is 10.1 Å². The quantitative estimate of drug-likeness (QED) is 0.856. The Morgan fingerprint density at radius 3 is 2.52 bits per heavy atom. The molecule has 0 saturated carbocycles. The maximum Gasteiger partial charge on any atom is 0.238 e. The Balaban J connectivity index is 2.02. The first kappa shape index (κ1) is 16.2. The molecule has 1 aromatic carbocycles. The van der Waals surface area contributed by atoms with Crippen molar-refractivity contribution in [1.82, 2.24) is 15.5 Å². The number of halogens is 2. The van der Waals surface area contributed by atoms with Crippen LogP contribution in [0.5, 0.6) is 11.6 Å². The van der Waals surface area contributed by atoms with Gasteiger partial charge >= 0.3 is 0 Å². The Kier molecular flexibility index (Phi) is 5.19. The molecule has 0 fully saturated rings. The van der Waals surface area contributed by atoms with E-state index in [-0.39, 0.29) is 5.54 Å². The van der Waals surface area contributed by atoms with Crippen molar-refractivity contribution in [1.29, 1.82) is 0 Å². The highest BCUT2D eigenvalue weighted by Gasteiger charge is 2.10. The average molecular weight is 371 g/mol. The lowest BCUT2D eigenvalue weighted by Gasteiger charge is -2.19. The van der Waals surface area contributed by atoms with Crippen molar-refractivity contribution in [2.45, 2.75) is 32.9 Å². The summed E-state index contributed by atoms with van der Waals surface area (Å²) in [6.45, 7) is 6.99. The van der Waals surface area contributed by atoms with E-state index < -0.39 is 0 Å². The fourth-order valence-electron chi connectivity index (χ4n) is 1.52. The molecule has 21 heavy (non-hydrogen) atoms. The van der Waals surface area contributed by atoms with Gasteiger partial charge in [-0.1, -0.05) is 11.6 Å². The predicted octanol–water partition coefficient (Wildman–Crippen LogP) is 4.57. The maximum absolute atomic E-state index is 5.89. The Morgan fingerprint density at radius 1 is 1.19 bits per heavy atom. The third-order valence-corrected chi connectivity index (χ3v) is 3.46. The standard InChI is InChI=1S/C15H17BrClN3O/c1-15(2,3)18-9-11-5-7-14(20-19-11)21-13-6-4-10(17)8-12(13)16/h4-8,18H,9H2,1-3H3. The monoisotopic (exact) mass is 369 g/mol. The fourth-order valence-corrected chi connectivity index (χ4v) is 2.29. The first-order valence-electron chi connectivity index (χ1n) is 6.54. The maximum atomic E-state index is 5.89. The zero-order chi connectivity index (χ0) is 15.5. The molecule has 1 heterocycles. The average Bonchev–Trinajstić information content (AvgIpc) is 2.40. The van der Waals surface area contributed by atoms with Gasteiger partial charge in [0.05, 0.1) is 10.2 Å². The Bertz CT molecular complexity index is 611. The van der Waals surface area contributed by atoms with E-state index in [0.29, 0.717) is 23.2 Å². The summed E-state index contributed by atoms with van der Waals surface area (Å²) in [6, 6.07) is 9.00. The fraction of sp³-hybridized carbons (Fsp3) is 0.333. The molecule has 0 aliphatic carbocycles. The molecule has 0 unspecified atom stereocenters. The highest BCUT2D eigenvalue weighted by Crippen LogP contribution is 2.30. The van der Waals surface area contributed by atoms with Crippen molar-refractivity contribution in [3.63, 3.8) is 0 Å². The molecule has 2 rings (SSSR count). The van der Waals surface area contributed by atoms with E-state index in [4.69, 9.17) is 16.3 Å². The summed E-state index contributed by atoms with van der Waals surface area (Å²) in [4.78, 5) is 0. The number of aromatic nitrogens is 2. The van der Waals surface area contributed by atoms with Crippen LogP contribution in [0.1, 0.15) is 26.5 Å². The minimum atomic E-state index is 0.0466. The molecule has 4 nitrogen and oxygen atoms in total.